The summed E-state index contributed by atoms with van der Waals surface area (Å²) in [7, 11) is 0. The van der Waals surface area contributed by atoms with E-state index in [1.807, 2.05) is 13.0 Å². The number of aliphatic carboxylic acids is 1. The topological polar surface area (TPSA) is 46.5 Å². The Labute approximate surface area is 132 Å². The van der Waals surface area contributed by atoms with Crippen LogP contribution in [0.15, 0.2) is 42.5 Å². The van der Waals surface area contributed by atoms with Crippen LogP contribution in [-0.4, -0.2) is 11.1 Å². The molecule has 1 N–H and O–H groups in total. The summed E-state index contributed by atoms with van der Waals surface area (Å²) in [6, 6.07) is 10.5. The summed E-state index contributed by atoms with van der Waals surface area (Å²) in [5, 5.41) is 9.55. The molecule has 0 heterocycles. The number of para-hydroxylation sites is 1. The van der Waals surface area contributed by atoms with Gasteiger partial charge in [-0.25, -0.2) is 4.79 Å². The Kier molecular flexibility index (Phi) is 4.89. The lowest BCUT2D eigenvalue weighted by atomic mass is 10.2. The Hall–Kier alpha value is -1.97. The van der Waals surface area contributed by atoms with E-state index in [1.165, 1.54) is 6.08 Å². The highest BCUT2D eigenvalue weighted by molar-refractivity contribution is 6.33. The fraction of sp³-hybridized carbons (Fsp3) is 0.0625. The number of halogens is 2. The van der Waals surface area contributed by atoms with E-state index in [1.54, 1.807) is 30.3 Å². The number of carbonyl (C=O) groups is 1. The third-order valence-electron chi connectivity index (χ3n) is 2.70. The molecule has 0 aliphatic rings. The van der Waals surface area contributed by atoms with Gasteiger partial charge in [-0.2, -0.15) is 0 Å². The Bertz CT molecular complexity index is 709. The first-order valence-corrected chi connectivity index (χ1v) is 6.86. The molecule has 0 atom stereocenters. The van der Waals surface area contributed by atoms with Crippen molar-refractivity contribution in [3.05, 3.63) is 63.6 Å². The van der Waals surface area contributed by atoms with Gasteiger partial charge in [0.2, 0.25) is 0 Å². The largest absolute Gasteiger partial charge is 0.478 e. The molecule has 0 amide bonds. The second kappa shape index (κ2) is 6.66. The molecule has 0 aliphatic carbocycles. The van der Waals surface area contributed by atoms with E-state index in [9.17, 15) is 4.79 Å². The molecule has 2 aromatic rings. The van der Waals surface area contributed by atoms with E-state index in [4.69, 9.17) is 33.0 Å². The molecule has 0 fully saturated rings. The number of carboxylic acids is 1. The molecule has 0 bridgehead atoms. The van der Waals surface area contributed by atoms with Crippen molar-refractivity contribution in [1.82, 2.24) is 0 Å². The minimum absolute atomic E-state index is 0.363. The zero-order chi connectivity index (χ0) is 15.4. The van der Waals surface area contributed by atoms with E-state index in [2.05, 4.69) is 0 Å². The number of hydrogen-bond donors (Lipinski definition) is 1. The molecule has 3 nitrogen and oxygen atoms in total. The van der Waals surface area contributed by atoms with Gasteiger partial charge in [-0.3, -0.25) is 0 Å². The lowest BCUT2D eigenvalue weighted by Crippen LogP contribution is -1.91. The lowest BCUT2D eigenvalue weighted by Gasteiger charge is -2.12. The van der Waals surface area contributed by atoms with Crippen LogP contribution in [0.25, 0.3) is 6.08 Å². The highest BCUT2D eigenvalue weighted by Gasteiger charge is 2.10. The monoisotopic (exact) mass is 322 g/mol. The number of hydrogen-bond acceptors (Lipinski definition) is 2. The smallest absolute Gasteiger partial charge is 0.328 e. The van der Waals surface area contributed by atoms with Gasteiger partial charge in [0.05, 0.1) is 10.0 Å². The van der Waals surface area contributed by atoms with E-state index in [0.717, 1.165) is 11.6 Å². The molecule has 0 saturated carbocycles. The predicted octanol–water partition coefficient (Wildman–Crippen LogP) is 5.19. The molecule has 0 saturated heterocycles. The van der Waals surface area contributed by atoms with Crippen LogP contribution in [0.5, 0.6) is 11.5 Å². The van der Waals surface area contributed by atoms with Gasteiger partial charge in [0.1, 0.15) is 5.75 Å². The maximum Gasteiger partial charge on any atom is 0.328 e. The molecule has 0 aliphatic heterocycles. The molecule has 0 spiro atoms. The summed E-state index contributed by atoms with van der Waals surface area (Å²) in [6.45, 7) is 1.92. The van der Waals surface area contributed by atoms with Gasteiger partial charge < -0.3 is 9.84 Å². The second-order valence-electron chi connectivity index (χ2n) is 4.37. The second-order valence-corrected chi connectivity index (χ2v) is 5.18. The van der Waals surface area contributed by atoms with Gasteiger partial charge in [-0.15, -0.1) is 0 Å². The summed E-state index contributed by atoms with van der Waals surface area (Å²) >= 11 is 12.3. The van der Waals surface area contributed by atoms with Crippen LogP contribution in [0.3, 0.4) is 0 Å². The number of ether oxygens (including phenoxy) is 1. The first kappa shape index (κ1) is 15.4. The standard InChI is InChI=1S/C16H12Cl2O3/c1-10-5-7-14(13(18)9-10)21-16-11(6-8-15(19)20)3-2-4-12(16)17/h2-9H,1H3,(H,19,20)/b8-6+. The van der Waals surface area contributed by atoms with Crippen LogP contribution in [0.2, 0.25) is 10.0 Å². The fourth-order valence-corrected chi connectivity index (χ4v) is 2.22. The minimum atomic E-state index is -1.05. The third kappa shape index (κ3) is 4.00. The molecule has 0 radical (unpaired) electrons. The van der Waals surface area contributed by atoms with Crippen LogP contribution in [0.1, 0.15) is 11.1 Å². The number of rotatable bonds is 4. The maximum absolute atomic E-state index is 10.6. The number of carboxylic acid groups (broad SMARTS) is 1. The maximum atomic E-state index is 10.6. The van der Waals surface area contributed by atoms with E-state index >= 15 is 0 Å². The summed E-state index contributed by atoms with van der Waals surface area (Å²) < 4.78 is 5.75. The Morgan fingerprint density at radius 2 is 1.95 bits per heavy atom. The Morgan fingerprint density at radius 3 is 2.62 bits per heavy atom. The van der Waals surface area contributed by atoms with Gasteiger partial charge in [-0.05, 0) is 36.8 Å². The third-order valence-corrected chi connectivity index (χ3v) is 3.30. The number of benzene rings is 2. The van der Waals surface area contributed by atoms with Gasteiger partial charge in [0, 0.05) is 11.6 Å². The average Bonchev–Trinajstić information content (AvgIpc) is 2.42. The van der Waals surface area contributed by atoms with Gasteiger partial charge in [0.25, 0.3) is 0 Å². The number of aryl methyl sites for hydroxylation is 1. The van der Waals surface area contributed by atoms with Crippen LogP contribution in [0.4, 0.5) is 0 Å². The molecular weight excluding hydrogens is 311 g/mol. The summed E-state index contributed by atoms with van der Waals surface area (Å²) in [5.41, 5.74) is 1.57. The SMILES string of the molecule is Cc1ccc(Oc2c(Cl)cccc2/C=C/C(=O)O)c(Cl)c1. The van der Waals surface area contributed by atoms with Crippen LogP contribution < -0.4 is 4.74 Å². The van der Waals surface area contributed by atoms with Crippen LogP contribution in [-0.2, 0) is 4.79 Å². The lowest BCUT2D eigenvalue weighted by molar-refractivity contribution is -0.131. The highest BCUT2D eigenvalue weighted by Crippen LogP contribution is 2.36. The minimum Gasteiger partial charge on any atom is -0.478 e. The molecule has 2 aromatic carbocycles. The average molecular weight is 323 g/mol. The highest BCUT2D eigenvalue weighted by atomic mass is 35.5. The summed E-state index contributed by atoms with van der Waals surface area (Å²) in [4.78, 5) is 10.6. The molecular formula is C16H12Cl2O3. The molecule has 2 rings (SSSR count). The quantitative estimate of drug-likeness (QED) is 0.787. The molecule has 21 heavy (non-hydrogen) atoms. The molecule has 5 heteroatoms. The first-order chi connectivity index (χ1) is 9.97. The zero-order valence-electron chi connectivity index (χ0n) is 11.1. The van der Waals surface area contributed by atoms with Gasteiger partial charge in [0.15, 0.2) is 5.75 Å². The van der Waals surface area contributed by atoms with Crippen molar-refractivity contribution in [2.75, 3.05) is 0 Å². The Balaban J connectivity index is 2.41. The summed E-state index contributed by atoms with van der Waals surface area (Å²) in [6.07, 6.45) is 2.45. The normalized spacial score (nSPS) is 10.8. The zero-order valence-corrected chi connectivity index (χ0v) is 12.7. The van der Waals surface area contributed by atoms with Gasteiger partial charge in [-0.1, -0.05) is 41.4 Å². The van der Waals surface area contributed by atoms with Crippen molar-refractivity contribution in [3.63, 3.8) is 0 Å². The van der Waals surface area contributed by atoms with Crippen molar-refractivity contribution in [1.29, 1.82) is 0 Å². The van der Waals surface area contributed by atoms with Crippen LogP contribution in [0, 0.1) is 6.92 Å². The predicted molar refractivity (Wildman–Crippen MR) is 84.4 cm³/mol. The summed E-state index contributed by atoms with van der Waals surface area (Å²) in [5.74, 6) is -0.225. The molecule has 0 aromatic heterocycles. The molecule has 108 valence electrons. The fourth-order valence-electron chi connectivity index (χ4n) is 1.72. The van der Waals surface area contributed by atoms with Crippen molar-refractivity contribution < 1.29 is 14.6 Å². The van der Waals surface area contributed by atoms with E-state index < -0.39 is 5.97 Å². The van der Waals surface area contributed by atoms with Crippen molar-refractivity contribution >= 4 is 35.2 Å². The van der Waals surface area contributed by atoms with E-state index in [-0.39, 0.29) is 0 Å². The first-order valence-electron chi connectivity index (χ1n) is 6.11. The van der Waals surface area contributed by atoms with Crippen molar-refractivity contribution in [3.8, 4) is 11.5 Å². The molecule has 0 unspecified atom stereocenters. The van der Waals surface area contributed by atoms with E-state index in [0.29, 0.717) is 27.1 Å². The van der Waals surface area contributed by atoms with Crippen molar-refractivity contribution in [2.24, 2.45) is 0 Å². The van der Waals surface area contributed by atoms with Crippen LogP contribution >= 0.6 is 23.2 Å². The Morgan fingerprint density at radius 1 is 1.19 bits per heavy atom. The van der Waals surface area contributed by atoms with Gasteiger partial charge >= 0.3 is 5.97 Å². The van der Waals surface area contributed by atoms with Crippen molar-refractivity contribution in [2.45, 2.75) is 6.92 Å².